The van der Waals surface area contributed by atoms with E-state index in [4.69, 9.17) is 4.74 Å². The lowest BCUT2D eigenvalue weighted by Crippen LogP contribution is -2.40. The molecule has 22 heavy (non-hydrogen) atoms. The molecule has 0 aliphatic carbocycles. The Morgan fingerprint density at radius 2 is 2.05 bits per heavy atom. The third kappa shape index (κ3) is 5.02. The summed E-state index contributed by atoms with van der Waals surface area (Å²) >= 11 is 0. The fraction of sp³-hybridized carbons (Fsp3) is 0.611. The van der Waals surface area contributed by atoms with E-state index in [2.05, 4.69) is 24.1 Å². The van der Waals surface area contributed by atoms with Crippen LogP contribution in [0.2, 0.25) is 0 Å². The largest absolute Gasteiger partial charge is 0.497 e. The van der Waals surface area contributed by atoms with Crippen molar-refractivity contribution >= 4 is 5.91 Å². The molecule has 4 heteroatoms. The number of rotatable bonds is 6. The Balaban J connectivity index is 1.70. The predicted molar refractivity (Wildman–Crippen MR) is 89.3 cm³/mol. The standard InChI is InChI=1S/C18H28N2O2/c1-14-10-15(2)13-20(12-14)9-5-8-19-18(21)16-6-4-7-17(11-16)22-3/h4,6-7,11,14-15H,5,8-10,12-13H2,1-3H3,(H,19,21)/t14-,15-/m0/s1. The second-order valence-corrected chi connectivity index (χ2v) is 6.55. The molecule has 0 unspecified atom stereocenters. The van der Waals surface area contributed by atoms with Gasteiger partial charge in [0, 0.05) is 25.2 Å². The van der Waals surface area contributed by atoms with Crippen LogP contribution < -0.4 is 10.1 Å². The minimum absolute atomic E-state index is 0.0284. The van der Waals surface area contributed by atoms with Crippen LogP contribution in [0.4, 0.5) is 0 Å². The van der Waals surface area contributed by atoms with Crippen molar-refractivity contribution in [1.82, 2.24) is 10.2 Å². The smallest absolute Gasteiger partial charge is 0.251 e. The highest BCUT2D eigenvalue weighted by Gasteiger charge is 2.21. The summed E-state index contributed by atoms with van der Waals surface area (Å²) in [6.07, 6.45) is 2.33. The van der Waals surface area contributed by atoms with Crippen molar-refractivity contribution in [3.05, 3.63) is 29.8 Å². The Bertz CT molecular complexity index is 480. The number of hydrogen-bond donors (Lipinski definition) is 1. The van der Waals surface area contributed by atoms with E-state index >= 15 is 0 Å². The zero-order chi connectivity index (χ0) is 15.9. The van der Waals surface area contributed by atoms with Crippen molar-refractivity contribution in [2.75, 3.05) is 33.3 Å². The average molecular weight is 304 g/mol. The molecule has 1 fully saturated rings. The Hall–Kier alpha value is -1.55. The molecule has 0 saturated carbocycles. The Labute approximate surface area is 133 Å². The maximum absolute atomic E-state index is 12.1. The highest BCUT2D eigenvalue weighted by molar-refractivity contribution is 5.94. The third-order valence-electron chi connectivity index (χ3n) is 4.21. The molecule has 1 N–H and O–H groups in total. The molecule has 0 bridgehead atoms. The van der Waals surface area contributed by atoms with Crippen LogP contribution in [-0.2, 0) is 0 Å². The van der Waals surface area contributed by atoms with Gasteiger partial charge in [-0.15, -0.1) is 0 Å². The number of likely N-dealkylation sites (tertiary alicyclic amines) is 1. The fourth-order valence-electron chi connectivity index (χ4n) is 3.35. The van der Waals surface area contributed by atoms with Gasteiger partial charge in [-0.25, -0.2) is 0 Å². The maximum Gasteiger partial charge on any atom is 0.251 e. The highest BCUT2D eigenvalue weighted by Crippen LogP contribution is 2.20. The number of methoxy groups -OCH3 is 1. The third-order valence-corrected chi connectivity index (χ3v) is 4.21. The van der Waals surface area contributed by atoms with E-state index in [0.29, 0.717) is 11.3 Å². The number of ether oxygens (including phenoxy) is 1. The highest BCUT2D eigenvalue weighted by atomic mass is 16.5. The summed E-state index contributed by atoms with van der Waals surface area (Å²) < 4.78 is 5.14. The Kier molecular flexibility index (Phi) is 6.25. The van der Waals surface area contributed by atoms with Gasteiger partial charge in [0.2, 0.25) is 0 Å². The number of hydrogen-bond acceptors (Lipinski definition) is 3. The lowest BCUT2D eigenvalue weighted by Gasteiger charge is -2.34. The van der Waals surface area contributed by atoms with Gasteiger partial charge in [0.1, 0.15) is 5.75 Å². The molecule has 1 aromatic rings. The first-order chi connectivity index (χ1) is 10.6. The van der Waals surface area contributed by atoms with E-state index < -0.39 is 0 Å². The Morgan fingerprint density at radius 1 is 1.32 bits per heavy atom. The number of carbonyl (C=O) groups is 1. The lowest BCUT2D eigenvalue weighted by molar-refractivity contribution is 0.0947. The van der Waals surface area contributed by atoms with Gasteiger partial charge in [-0.1, -0.05) is 19.9 Å². The van der Waals surface area contributed by atoms with Gasteiger partial charge in [0.15, 0.2) is 0 Å². The molecule has 0 radical (unpaired) electrons. The van der Waals surface area contributed by atoms with E-state index in [0.717, 1.165) is 31.3 Å². The van der Waals surface area contributed by atoms with E-state index in [1.54, 1.807) is 13.2 Å². The summed E-state index contributed by atoms with van der Waals surface area (Å²) in [7, 11) is 1.61. The van der Waals surface area contributed by atoms with E-state index in [9.17, 15) is 4.79 Å². The predicted octanol–water partition coefficient (Wildman–Crippen LogP) is 2.79. The van der Waals surface area contributed by atoms with Crippen LogP contribution in [0.5, 0.6) is 5.75 Å². The minimum atomic E-state index is -0.0284. The van der Waals surface area contributed by atoms with Gasteiger partial charge >= 0.3 is 0 Å². The molecule has 4 nitrogen and oxygen atoms in total. The quantitative estimate of drug-likeness (QED) is 0.822. The first-order valence-electron chi connectivity index (χ1n) is 8.23. The first-order valence-corrected chi connectivity index (χ1v) is 8.23. The van der Waals surface area contributed by atoms with Crippen molar-refractivity contribution in [1.29, 1.82) is 0 Å². The molecule has 1 heterocycles. The molecule has 1 aromatic carbocycles. The minimum Gasteiger partial charge on any atom is -0.497 e. The summed E-state index contributed by atoms with van der Waals surface area (Å²) in [5.41, 5.74) is 0.652. The van der Waals surface area contributed by atoms with Gasteiger partial charge in [-0.3, -0.25) is 4.79 Å². The zero-order valence-corrected chi connectivity index (χ0v) is 14.0. The molecular weight excluding hydrogens is 276 g/mol. The molecule has 2 rings (SSSR count). The summed E-state index contributed by atoms with van der Waals surface area (Å²) in [6.45, 7) is 8.81. The Morgan fingerprint density at radius 3 is 2.73 bits per heavy atom. The van der Waals surface area contributed by atoms with Crippen molar-refractivity contribution in [3.8, 4) is 5.75 Å². The normalized spacial score (nSPS) is 22.3. The fourth-order valence-corrected chi connectivity index (χ4v) is 3.35. The van der Waals surface area contributed by atoms with Crippen LogP contribution in [0.3, 0.4) is 0 Å². The van der Waals surface area contributed by atoms with E-state index in [-0.39, 0.29) is 5.91 Å². The molecule has 1 aliphatic rings. The van der Waals surface area contributed by atoms with Gasteiger partial charge < -0.3 is 15.0 Å². The lowest BCUT2D eigenvalue weighted by atomic mass is 9.92. The second-order valence-electron chi connectivity index (χ2n) is 6.55. The van der Waals surface area contributed by atoms with Gasteiger partial charge in [-0.2, -0.15) is 0 Å². The molecule has 0 spiro atoms. The first kappa shape index (κ1) is 16.8. The number of piperidine rings is 1. The topological polar surface area (TPSA) is 41.6 Å². The van der Waals surface area contributed by atoms with Crippen molar-refractivity contribution in [2.45, 2.75) is 26.7 Å². The summed E-state index contributed by atoms with van der Waals surface area (Å²) in [5, 5.41) is 2.99. The summed E-state index contributed by atoms with van der Waals surface area (Å²) in [6, 6.07) is 7.26. The second kappa shape index (κ2) is 8.18. The van der Waals surface area contributed by atoms with Crippen LogP contribution >= 0.6 is 0 Å². The van der Waals surface area contributed by atoms with Crippen LogP contribution in [0.1, 0.15) is 37.0 Å². The van der Waals surface area contributed by atoms with Crippen LogP contribution in [0, 0.1) is 11.8 Å². The van der Waals surface area contributed by atoms with Crippen molar-refractivity contribution in [3.63, 3.8) is 0 Å². The SMILES string of the molecule is COc1cccc(C(=O)NCCCN2C[C@@H](C)C[C@H](C)C2)c1. The zero-order valence-electron chi connectivity index (χ0n) is 14.0. The molecular formula is C18H28N2O2. The van der Waals surface area contributed by atoms with Gasteiger partial charge in [-0.05, 0) is 49.4 Å². The van der Waals surface area contributed by atoms with E-state index in [1.165, 1.54) is 19.5 Å². The number of nitrogens with zero attached hydrogens (tertiary/aromatic N) is 1. The maximum atomic E-state index is 12.1. The molecule has 1 aliphatic heterocycles. The number of benzene rings is 1. The summed E-state index contributed by atoms with van der Waals surface area (Å²) in [4.78, 5) is 14.6. The van der Waals surface area contributed by atoms with Gasteiger partial charge in [0.25, 0.3) is 5.91 Å². The molecule has 2 atom stereocenters. The number of carbonyl (C=O) groups excluding carboxylic acids is 1. The van der Waals surface area contributed by atoms with Crippen molar-refractivity contribution < 1.29 is 9.53 Å². The molecule has 1 amide bonds. The molecule has 0 aromatic heterocycles. The van der Waals surface area contributed by atoms with E-state index in [1.807, 2.05) is 18.2 Å². The number of amides is 1. The monoisotopic (exact) mass is 304 g/mol. The van der Waals surface area contributed by atoms with Crippen LogP contribution in [0.25, 0.3) is 0 Å². The number of nitrogens with one attached hydrogen (secondary N) is 1. The van der Waals surface area contributed by atoms with Crippen LogP contribution in [0.15, 0.2) is 24.3 Å². The molecule has 1 saturated heterocycles. The van der Waals surface area contributed by atoms with Gasteiger partial charge in [0.05, 0.1) is 7.11 Å². The summed E-state index contributed by atoms with van der Waals surface area (Å²) in [5.74, 6) is 2.26. The van der Waals surface area contributed by atoms with Crippen molar-refractivity contribution in [2.24, 2.45) is 11.8 Å². The molecule has 122 valence electrons. The average Bonchev–Trinajstić information content (AvgIpc) is 2.50. The van der Waals surface area contributed by atoms with Crippen LogP contribution in [-0.4, -0.2) is 44.1 Å².